The molecule has 0 saturated heterocycles. The van der Waals surface area contributed by atoms with E-state index in [9.17, 15) is 9.59 Å². The highest BCUT2D eigenvalue weighted by molar-refractivity contribution is 5.82. The average molecular weight is 443 g/mol. The van der Waals surface area contributed by atoms with E-state index in [1.165, 1.54) is 0 Å². The maximum Gasteiger partial charge on any atom is 0.305 e. The number of esters is 1. The standard InChI is InChI=1S/C25H34N2O5/c1-4-31-23(28)6-5-17-32-22-13-9-20(10-14-22)18(2)24(26)25(29)27-16-15-19-7-11-21(30-3)12-8-19/h7-14,18,24H,4-6,15-17,26H2,1-3H3,(H,27,29)/t18?,24-/m0/s1. The van der Waals surface area contributed by atoms with E-state index in [4.69, 9.17) is 19.9 Å². The van der Waals surface area contributed by atoms with Crippen molar-refractivity contribution in [3.63, 3.8) is 0 Å². The van der Waals surface area contributed by atoms with Gasteiger partial charge in [0.25, 0.3) is 0 Å². The number of methoxy groups -OCH3 is 1. The molecule has 0 aliphatic carbocycles. The van der Waals surface area contributed by atoms with Crippen molar-refractivity contribution in [3.05, 3.63) is 59.7 Å². The van der Waals surface area contributed by atoms with E-state index in [1.54, 1.807) is 14.0 Å². The van der Waals surface area contributed by atoms with Crippen LogP contribution in [0.2, 0.25) is 0 Å². The summed E-state index contributed by atoms with van der Waals surface area (Å²) in [5, 5.41) is 2.92. The van der Waals surface area contributed by atoms with Gasteiger partial charge < -0.3 is 25.3 Å². The Hall–Kier alpha value is -3.06. The lowest BCUT2D eigenvalue weighted by Gasteiger charge is -2.20. The first-order valence-corrected chi connectivity index (χ1v) is 11.0. The van der Waals surface area contributed by atoms with Crippen LogP contribution in [0, 0.1) is 0 Å². The Balaban J connectivity index is 1.74. The molecule has 7 heteroatoms. The van der Waals surface area contributed by atoms with Crippen molar-refractivity contribution in [3.8, 4) is 11.5 Å². The summed E-state index contributed by atoms with van der Waals surface area (Å²) in [5.41, 5.74) is 8.27. The number of rotatable bonds is 13. The average Bonchev–Trinajstić information content (AvgIpc) is 2.82. The van der Waals surface area contributed by atoms with Gasteiger partial charge in [-0.25, -0.2) is 0 Å². The summed E-state index contributed by atoms with van der Waals surface area (Å²) >= 11 is 0. The summed E-state index contributed by atoms with van der Waals surface area (Å²) in [6.45, 7) is 5.06. The van der Waals surface area contributed by atoms with Gasteiger partial charge in [0.05, 0.1) is 26.4 Å². The number of ether oxygens (including phenoxy) is 3. The van der Waals surface area contributed by atoms with Gasteiger partial charge in [0.2, 0.25) is 5.91 Å². The van der Waals surface area contributed by atoms with Crippen molar-refractivity contribution >= 4 is 11.9 Å². The molecule has 2 rings (SSSR count). The fraction of sp³-hybridized carbons (Fsp3) is 0.440. The Morgan fingerprint density at radius 1 is 1.03 bits per heavy atom. The lowest BCUT2D eigenvalue weighted by molar-refractivity contribution is -0.143. The SMILES string of the molecule is CCOC(=O)CCCOc1ccc(C(C)[C@H](N)C(=O)NCCc2ccc(OC)cc2)cc1. The van der Waals surface area contributed by atoms with Gasteiger partial charge >= 0.3 is 5.97 Å². The molecular weight excluding hydrogens is 408 g/mol. The quantitative estimate of drug-likeness (QED) is 0.365. The molecule has 7 nitrogen and oxygen atoms in total. The molecule has 174 valence electrons. The number of carbonyl (C=O) groups is 2. The molecule has 0 saturated carbocycles. The molecule has 0 spiro atoms. The van der Waals surface area contributed by atoms with Gasteiger partial charge in [0.15, 0.2) is 0 Å². The van der Waals surface area contributed by atoms with Crippen molar-refractivity contribution in [1.82, 2.24) is 5.32 Å². The highest BCUT2D eigenvalue weighted by Crippen LogP contribution is 2.22. The first-order chi connectivity index (χ1) is 15.4. The minimum atomic E-state index is -0.651. The minimum absolute atomic E-state index is 0.145. The minimum Gasteiger partial charge on any atom is -0.497 e. The third kappa shape index (κ3) is 8.23. The number of benzene rings is 2. The zero-order valence-corrected chi connectivity index (χ0v) is 19.1. The monoisotopic (exact) mass is 442 g/mol. The summed E-state index contributed by atoms with van der Waals surface area (Å²) in [5.74, 6) is 0.986. The maximum absolute atomic E-state index is 12.5. The van der Waals surface area contributed by atoms with E-state index in [1.807, 2.05) is 55.5 Å². The third-order valence-electron chi connectivity index (χ3n) is 5.22. The van der Waals surface area contributed by atoms with Crippen LogP contribution in [0.3, 0.4) is 0 Å². The Kier molecular flexibility index (Phi) is 10.5. The zero-order chi connectivity index (χ0) is 23.3. The Labute approximate surface area is 190 Å². The molecule has 0 radical (unpaired) electrons. The van der Waals surface area contributed by atoms with Crippen LogP contribution in [0.15, 0.2) is 48.5 Å². The summed E-state index contributed by atoms with van der Waals surface area (Å²) < 4.78 is 15.7. The van der Waals surface area contributed by atoms with Crippen LogP contribution < -0.4 is 20.5 Å². The predicted octanol–water partition coefficient (Wildman–Crippen LogP) is 3.21. The second-order valence-corrected chi connectivity index (χ2v) is 7.53. The topological polar surface area (TPSA) is 99.9 Å². The second kappa shape index (κ2) is 13.4. The lowest BCUT2D eigenvalue weighted by atomic mass is 9.93. The van der Waals surface area contributed by atoms with Gasteiger partial charge in [-0.05, 0) is 55.2 Å². The van der Waals surface area contributed by atoms with Crippen LogP contribution in [0.25, 0.3) is 0 Å². The molecule has 0 bridgehead atoms. The van der Waals surface area contributed by atoms with Gasteiger partial charge in [0.1, 0.15) is 11.5 Å². The van der Waals surface area contributed by atoms with Gasteiger partial charge in [-0.2, -0.15) is 0 Å². The van der Waals surface area contributed by atoms with Crippen LogP contribution in [-0.2, 0) is 20.7 Å². The fourth-order valence-corrected chi connectivity index (χ4v) is 3.18. The van der Waals surface area contributed by atoms with E-state index in [-0.39, 0.29) is 17.8 Å². The molecule has 0 aliphatic rings. The summed E-state index contributed by atoms with van der Waals surface area (Å²) in [6, 6.07) is 14.6. The van der Waals surface area contributed by atoms with Crippen molar-refractivity contribution in [1.29, 1.82) is 0 Å². The molecule has 0 heterocycles. The van der Waals surface area contributed by atoms with Crippen LogP contribution in [0.1, 0.15) is 43.7 Å². The smallest absolute Gasteiger partial charge is 0.305 e. The molecule has 3 N–H and O–H groups in total. The Bertz CT molecular complexity index is 836. The molecule has 2 aromatic rings. The van der Waals surface area contributed by atoms with Gasteiger partial charge in [-0.3, -0.25) is 9.59 Å². The first-order valence-electron chi connectivity index (χ1n) is 11.0. The summed E-state index contributed by atoms with van der Waals surface area (Å²) in [4.78, 5) is 23.8. The number of nitrogens with one attached hydrogen (secondary N) is 1. The van der Waals surface area contributed by atoms with E-state index in [0.29, 0.717) is 38.3 Å². The molecule has 0 aromatic heterocycles. The number of hydrogen-bond donors (Lipinski definition) is 2. The van der Waals surface area contributed by atoms with Crippen LogP contribution in [-0.4, -0.2) is 44.8 Å². The van der Waals surface area contributed by atoms with Crippen molar-refractivity contribution in [2.24, 2.45) is 5.73 Å². The highest BCUT2D eigenvalue weighted by Gasteiger charge is 2.22. The summed E-state index contributed by atoms with van der Waals surface area (Å²) in [7, 11) is 1.63. The van der Waals surface area contributed by atoms with E-state index in [0.717, 1.165) is 23.3 Å². The van der Waals surface area contributed by atoms with Crippen molar-refractivity contribution in [2.75, 3.05) is 26.9 Å². The lowest BCUT2D eigenvalue weighted by Crippen LogP contribution is -2.44. The van der Waals surface area contributed by atoms with Crippen LogP contribution >= 0.6 is 0 Å². The molecule has 1 amide bonds. The molecular formula is C25H34N2O5. The first kappa shape index (κ1) is 25.2. The molecule has 2 atom stereocenters. The van der Waals surface area contributed by atoms with E-state index >= 15 is 0 Å². The van der Waals surface area contributed by atoms with Gasteiger partial charge in [0, 0.05) is 18.9 Å². The molecule has 1 unspecified atom stereocenters. The van der Waals surface area contributed by atoms with Crippen molar-refractivity contribution < 1.29 is 23.8 Å². The van der Waals surface area contributed by atoms with Gasteiger partial charge in [-0.15, -0.1) is 0 Å². The normalized spacial score (nSPS) is 12.5. The van der Waals surface area contributed by atoms with Gasteiger partial charge in [-0.1, -0.05) is 31.2 Å². The van der Waals surface area contributed by atoms with E-state index < -0.39 is 6.04 Å². The number of nitrogens with two attached hydrogens (primary N) is 1. The highest BCUT2D eigenvalue weighted by atomic mass is 16.5. The summed E-state index contributed by atoms with van der Waals surface area (Å²) in [6.07, 6.45) is 1.66. The van der Waals surface area contributed by atoms with E-state index in [2.05, 4.69) is 5.32 Å². The zero-order valence-electron chi connectivity index (χ0n) is 19.1. The van der Waals surface area contributed by atoms with Crippen LogP contribution in [0.4, 0.5) is 0 Å². The molecule has 0 aliphatic heterocycles. The van der Waals surface area contributed by atoms with Crippen molar-refractivity contribution in [2.45, 2.75) is 45.1 Å². The maximum atomic E-state index is 12.5. The number of hydrogen-bond acceptors (Lipinski definition) is 6. The molecule has 32 heavy (non-hydrogen) atoms. The molecule has 0 fully saturated rings. The molecule has 2 aromatic carbocycles. The predicted molar refractivity (Wildman–Crippen MR) is 124 cm³/mol. The number of carbonyl (C=O) groups excluding carboxylic acids is 2. The second-order valence-electron chi connectivity index (χ2n) is 7.53. The number of amides is 1. The third-order valence-corrected chi connectivity index (χ3v) is 5.22. The van der Waals surface area contributed by atoms with Crippen LogP contribution in [0.5, 0.6) is 11.5 Å². The fourth-order valence-electron chi connectivity index (χ4n) is 3.18. The largest absolute Gasteiger partial charge is 0.497 e. The Morgan fingerprint density at radius 3 is 2.31 bits per heavy atom. The Morgan fingerprint density at radius 2 is 1.69 bits per heavy atom.